The Bertz CT molecular complexity index is 368. The van der Waals surface area contributed by atoms with Crippen LogP contribution in [-0.4, -0.2) is 34.3 Å². The molecule has 0 aliphatic rings. The molecular weight excluding hydrogens is 228 g/mol. The van der Waals surface area contributed by atoms with Crippen molar-refractivity contribution in [1.29, 1.82) is 0 Å². The van der Waals surface area contributed by atoms with Crippen molar-refractivity contribution in [2.45, 2.75) is 46.1 Å². The van der Waals surface area contributed by atoms with E-state index in [9.17, 15) is 0 Å². The Morgan fingerprint density at radius 1 is 1.22 bits per heavy atom. The summed E-state index contributed by atoms with van der Waals surface area (Å²) in [6, 6.07) is 0.192. The van der Waals surface area contributed by atoms with Crippen molar-refractivity contribution in [2.24, 2.45) is 0 Å². The average molecular weight is 252 g/mol. The zero-order valence-corrected chi connectivity index (χ0v) is 11.7. The summed E-state index contributed by atoms with van der Waals surface area (Å²) >= 11 is 0. The Kier molecular flexibility index (Phi) is 5.85. The van der Waals surface area contributed by atoms with E-state index in [0.29, 0.717) is 12.3 Å². The summed E-state index contributed by atoms with van der Waals surface area (Å²) in [5.74, 6) is 2.09. The first-order valence-electron chi connectivity index (χ1n) is 6.56. The molecule has 1 rings (SSSR count). The van der Waals surface area contributed by atoms with Crippen molar-refractivity contribution >= 4 is 11.6 Å². The van der Waals surface area contributed by atoms with Crippen LogP contribution in [0.25, 0.3) is 0 Å². The largest absolute Gasteiger partial charge is 0.396 e. The predicted octanol–water partition coefficient (Wildman–Crippen LogP) is 2.21. The van der Waals surface area contributed by atoms with Crippen LogP contribution in [0.2, 0.25) is 0 Å². The molecule has 0 saturated heterocycles. The minimum Gasteiger partial charge on any atom is -0.396 e. The number of hydrogen-bond donors (Lipinski definition) is 3. The number of nitrogens with zero attached hydrogens (tertiary/aromatic N) is 2. The molecule has 0 radical (unpaired) electrons. The number of hydrogen-bond acceptors (Lipinski definition) is 5. The highest BCUT2D eigenvalue weighted by Crippen LogP contribution is 2.28. The lowest BCUT2D eigenvalue weighted by Crippen LogP contribution is -2.20. The molecule has 0 aromatic carbocycles. The Morgan fingerprint density at radius 3 is 2.44 bits per heavy atom. The Balaban J connectivity index is 2.98. The molecule has 3 N–H and O–H groups in total. The minimum absolute atomic E-state index is 0.177. The van der Waals surface area contributed by atoms with Gasteiger partial charge in [-0.05, 0) is 26.2 Å². The Labute approximate surface area is 109 Å². The minimum atomic E-state index is 0.177. The standard InChI is InChI=1S/C13H24N4O/c1-5-14-12-11(9(2)3)13(16-8-15-12)17-10(4)6-7-18/h8-10,18H,5-7H2,1-4H3,(H2,14,15,16,17). The van der Waals surface area contributed by atoms with Crippen LogP contribution in [0.1, 0.15) is 45.6 Å². The summed E-state index contributed by atoms with van der Waals surface area (Å²) in [7, 11) is 0. The molecule has 0 saturated carbocycles. The first-order valence-corrected chi connectivity index (χ1v) is 6.56. The normalized spacial score (nSPS) is 12.6. The van der Waals surface area contributed by atoms with E-state index in [4.69, 9.17) is 5.11 Å². The van der Waals surface area contributed by atoms with E-state index in [0.717, 1.165) is 23.7 Å². The third-order valence-corrected chi connectivity index (χ3v) is 2.75. The number of nitrogens with one attached hydrogen (secondary N) is 2. The van der Waals surface area contributed by atoms with Crippen LogP contribution >= 0.6 is 0 Å². The molecule has 102 valence electrons. The van der Waals surface area contributed by atoms with Crippen molar-refractivity contribution in [1.82, 2.24) is 9.97 Å². The van der Waals surface area contributed by atoms with Gasteiger partial charge in [-0.1, -0.05) is 13.8 Å². The van der Waals surface area contributed by atoms with Crippen LogP contribution in [0, 0.1) is 0 Å². The second-order valence-corrected chi connectivity index (χ2v) is 4.73. The molecule has 5 nitrogen and oxygen atoms in total. The summed E-state index contributed by atoms with van der Waals surface area (Å²) in [5.41, 5.74) is 1.10. The molecule has 0 bridgehead atoms. The highest BCUT2D eigenvalue weighted by molar-refractivity contribution is 5.59. The molecule has 1 atom stereocenters. The van der Waals surface area contributed by atoms with E-state index in [1.807, 2.05) is 13.8 Å². The van der Waals surface area contributed by atoms with Gasteiger partial charge in [0.1, 0.15) is 18.0 Å². The summed E-state index contributed by atoms with van der Waals surface area (Å²) in [6.45, 7) is 9.35. The molecule has 1 heterocycles. The predicted molar refractivity (Wildman–Crippen MR) is 75.1 cm³/mol. The zero-order chi connectivity index (χ0) is 13.5. The molecule has 5 heteroatoms. The smallest absolute Gasteiger partial charge is 0.135 e. The summed E-state index contributed by atoms with van der Waals surface area (Å²) in [5, 5.41) is 15.5. The third-order valence-electron chi connectivity index (χ3n) is 2.75. The van der Waals surface area contributed by atoms with Crippen LogP contribution in [0.3, 0.4) is 0 Å². The number of rotatable bonds is 7. The fourth-order valence-corrected chi connectivity index (χ4v) is 1.86. The van der Waals surface area contributed by atoms with Gasteiger partial charge in [-0.2, -0.15) is 0 Å². The van der Waals surface area contributed by atoms with Gasteiger partial charge in [0.05, 0.1) is 0 Å². The number of aromatic nitrogens is 2. The molecule has 0 spiro atoms. The van der Waals surface area contributed by atoms with Gasteiger partial charge in [-0.25, -0.2) is 9.97 Å². The van der Waals surface area contributed by atoms with Crippen molar-refractivity contribution in [3.05, 3.63) is 11.9 Å². The Hall–Kier alpha value is -1.36. The van der Waals surface area contributed by atoms with Crippen LogP contribution in [0.5, 0.6) is 0 Å². The molecule has 0 amide bonds. The second kappa shape index (κ2) is 7.16. The van der Waals surface area contributed by atoms with Crippen molar-refractivity contribution in [2.75, 3.05) is 23.8 Å². The number of aliphatic hydroxyl groups excluding tert-OH is 1. The fourth-order valence-electron chi connectivity index (χ4n) is 1.86. The van der Waals surface area contributed by atoms with Gasteiger partial charge in [-0.3, -0.25) is 0 Å². The highest BCUT2D eigenvalue weighted by atomic mass is 16.3. The van der Waals surface area contributed by atoms with E-state index in [-0.39, 0.29) is 12.6 Å². The first-order chi connectivity index (χ1) is 8.60. The van der Waals surface area contributed by atoms with Gasteiger partial charge in [0.15, 0.2) is 0 Å². The van der Waals surface area contributed by atoms with E-state index < -0.39 is 0 Å². The number of aliphatic hydroxyl groups is 1. The third kappa shape index (κ3) is 3.84. The average Bonchev–Trinajstić information content (AvgIpc) is 2.29. The molecule has 1 unspecified atom stereocenters. The molecule has 0 aliphatic heterocycles. The maximum atomic E-state index is 8.95. The first kappa shape index (κ1) is 14.7. The maximum absolute atomic E-state index is 8.95. The van der Waals surface area contributed by atoms with Crippen LogP contribution < -0.4 is 10.6 Å². The summed E-state index contributed by atoms with van der Waals surface area (Å²) in [6.07, 6.45) is 2.27. The zero-order valence-electron chi connectivity index (χ0n) is 11.7. The SMILES string of the molecule is CCNc1ncnc(NC(C)CCO)c1C(C)C. The van der Waals surface area contributed by atoms with Gasteiger partial charge >= 0.3 is 0 Å². The van der Waals surface area contributed by atoms with Gasteiger partial charge in [0, 0.05) is 24.8 Å². The lowest BCUT2D eigenvalue weighted by Gasteiger charge is -2.20. The topological polar surface area (TPSA) is 70.1 Å². The molecule has 18 heavy (non-hydrogen) atoms. The molecule has 1 aromatic heterocycles. The van der Waals surface area contributed by atoms with Gasteiger partial charge in [-0.15, -0.1) is 0 Å². The van der Waals surface area contributed by atoms with Gasteiger partial charge in [0.2, 0.25) is 0 Å². The quantitative estimate of drug-likeness (QED) is 0.694. The molecule has 0 fully saturated rings. The lowest BCUT2D eigenvalue weighted by atomic mass is 10.0. The van der Waals surface area contributed by atoms with E-state index in [1.54, 1.807) is 6.33 Å². The molecular formula is C13H24N4O. The summed E-state index contributed by atoms with van der Waals surface area (Å²) in [4.78, 5) is 8.61. The second-order valence-electron chi connectivity index (χ2n) is 4.73. The highest BCUT2D eigenvalue weighted by Gasteiger charge is 2.15. The number of anilines is 2. The van der Waals surface area contributed by atoms with E-state index in [2.05, 4.69) is 34.4 Å². The van der Waals surface area contributed by atoms with Crippen LogP contribution in [-0.2, 0) is 0 Å². The Morgan fingerprint density at radius 2 is 1.89 bits per heavy atom. The van der Waals surface area contributed by atoms with E-state index >= 15 is 0 Å². The van der Waals surface area contributed by atoms with Crippen LogP contribution in [0.15, 0.2) is 6.33 Å². The fraction of sp³-hybridized carbons (Fsp3) is 0.692. The van der Waals surface area contributed by atoms with E-state index in [1.165, 1.54) is 0 Å². The molecule has 0 aliphatic carbocycles. The van der Waals surface area contributed by atoms with Gasteiger partial charge in [0.25, 0.3) is 0 Å². The maximum Gasteiger partial charge on any atom is 0.135 e. The van der Waals surface area contributed by atoms with Crippen LogP contribution in [0.4, 0.5) is 11.6 Å². The molecule has 1 aromatic rings. The van der Waals surface area contributed by atoms with Crippen molar-refractivity contribution in [3.63, 3.8) is 0 Å². The summed E-state index contributed by atoms with van der Waals surface area (Å²) < 4.78 is 0. The van der Waals surface area contributed by atoms with Crippen molar-refractivity contribution < 1.29 is 5.11 Å². The lowest BCUT2D eigenvalue weighted by molar-refractivity contribution is 0.282. The van der Waals surface area contributed by atoms with Gasteiger partial charge < -0.3 is 15.7 Å². The van der Waals surface area contributed by atoms with Crippen molar-refractivity contribution in [3.8, 4) is 0 Å². The monoisotopic (exact) mass is 252 g/mol.